The first kappa shape index (κ1) is 15.7. The van der Waals surface area contributed by atoms with Gasteiger partial charge in [0.05, 0.1) is 18.2 Å². The zero-order valence-electron chi connectivity index (χ0n) is 12.1. The molecule has 0 saturated carbocycles. The average Bonchev–Trinajstić information content (AvgIpc) is 2.67. The zero-order valence-corrected chi connectivity index (χ0v) is 13.6. The summed E-state index contributed by atoms with van der Waals surface area (Å²) in [4.78, 5) is 37.9. The molecule has 0 bridgehead atoms. The van der Waals surface area contributed by atoms with Crippen LogP contribution in [0.25, 0.3) is 0 Å². The van der Waals surface area contributed by atoms with E-state index in [1.54, 1.807) is 24.3 Å². The maximum Gasteiger partial charge on any atom is 0.329 e. The number of nitrogens with zero attached hydrogens (tertiary/aromatic N) is 1. The fraction of sp³-hybridized carbons (Fsp3) is 0.400. The predicted molar refractivity (Wildman–Crippen MR) is 80.4 cm³/mol. The van der Waals surface area contributed by atoms with Crippen molar-refractivity contribution in [2.24, 2.45) is 0 Å². The minimum absolute atomic E-state index is 0.269. The molecule has 112 valence electrons. The maximum absolute atomic E-state index is 12.4. The van der Waals surface area contributed by atoms with E-state index in [1.165, 1.54) is 7.11 Å². The lowest BCUT2D eigenvalue weighted by Crippen LogP contribution is -2.47. The van der Waals surface area contributed by atoms with Crippen molar-refractivity contribution >= 4 is 33.7 Å². The molecule has 1 aromatic carbocycles. The first-order valence-corrected chi connectivity index (χ1v) is 7.29. The number of ether oxygens (including phenoxy) is 1. The summed E-state index contributed by atoms with van der Waals surface area (Å²) in [6.07, 6.45) is 0.269. The summed E-state index contributed by atoms with van der Waals surface area (Å²) in [6.45, 7) is 3.72. The lowest BCUT2D eigenvalue weighted by molar-refractivity contribution is -0.145. The quantitative estimate of drug-likeness (QED) is 0.473. The molecule has 2 rings (SSSR count). The van der Waals surface area contributed by atoms with E-state index in [0.29, 0.717) is 11.1 Å². The van der Waals surface area contributed by atoms with Gasteiger partial charge in [0.25, 0.3) is 11.8 Å². The van der Waals surface area contributed by atoms with Crippen molar-refractivity contribution in [2.45, 2.75) is 30.6 Å². The SMILES string of the molecule is COC(=O)[C@H](CC(C)(C)Br)N1C(=O)c2ccccc2C1=O. The van der Waals surface area contributed by atoms with E-state index in [9.17, 15) is 14.4 Å². The molecule has 0 aliphatic carbocycles. The van der Waals surface area contributed by atoms with E-state index in [-0.39, 0.29) is 6.42 Å². The van der Waals surface area contributed by atoms with Gasteiger partial charge in [-0.2, -0.15) is 0 Å². The Morgan fingerprint density at radius 1 is 1.24 bits per heavy atom. The number of carbonyl (C=O) groups excluding carboxylic acids is 3. The zero-order chi connectivity index (χ0) is 15.8. The third kappa shape index (κ3) is 3.00. The lowest BCUT2D eigenvalue weighted by atomic mass is 10.0. The molecule has 1 aliphatic rings. The highest BCUT2D eigenvalue weighted by atomic mass is 79.9. The highest BCUT2D eigenvalue weighted by Gasteiger charge is 2.44. The molecular weight excluding hydrogens is 338 g/mol. The second-order valence-electron chi connectivity index (χ2n) is 5.49. The molecular formula is C15H16BrNO4. The van der Waals surface area contributed by atoms with Gasteiger partial charge >= 0.3 is 5.97 Å². The van der Waals surface area contributed by atoms with Crippen LogP contribution >= 0.6 is 15.9 Å². The molecule has 5 nitrogen and oxygen atoms in total. The fourth-order valence-corrected chi connectivity index (χ4v) is 2.67. The standard InChI is InChI=1S/C15H16BrNO4/c1-15(2,16)8-11(14(20)21-3)17-12(18)9-6-4-5-7-10(9)13(17)19/h4-7,11H,8H2,1-3H3/t11-/m0/s1. The van der Waals surface area contributed by atoms with Gasteiger partial charge in [-0.15, -0.1) is 0 Å². The Morgan fingerprint density at radius 3 is 2.10 bits per heavy atom. The largest absolute Gasteiger partial charge is 0.467 e. The Balaban J connectivity index is 2.41. The van der Waals surface area contributed by atoms with Crippen LogP contribution in [0.4, 0.5) is 0 Å². The molecule has 0 spiro atoms. The van der Waals surface area contributed by atoms with Crippen molar-refractivity contribution in [3.63, 3.8) is 0 Å². The van der Waals surface area contributed by atoms with Crippen LogP contribution in [0.2, 0.25) is 0 Å². The lowest BCUT2D eigenvalue weighted by Gasteiger charge is -2.28. The molecule has 0 radical (unpaired) electrons. The van der Waals surface area contributed by atoms with Crippen LogP contribution in [0.3, 0.4) is 0 Å². The minimum Gasteiger partial charge on any atom is -0.467 e. The Bertz CT molecular complexity index is 571. The van der Waals surface area contributed by atoms with Crippen LogP contribution < -0.4 is 0 Å². The maximum atomic E-state index is 12.4. The van der Waals surface area contributed by atoms with Gasteiger partial charge in [-0.3, -0.25) is 14.5 Å². The van der Waals surface area contributed by atoms with Gasteiger partial charge in [0.2, 0.25) is 0 Å². The molecule has 1 aliphatic heterocycles. The number of benzene rings is 1. The third-order valence-electron chi connectivity index (χ3n) is 3.29. The summed E-state index contributed by atoms with van der Waals surface area (Å²) in [7, 11) is 1.24. The van der Waals surface area contributed by atoms with E-state index in [4.69, 9.17) is 4.74 Å². The second-order valence-corrected chi connectivity index (χ2v) is 7.63. The molecule has 6 heteroatoms. The Hall–Kier alpha value is -1.69. The number of hydrogen-bond acceptors (Lipinski definition) is 4. The van der Waals surface area contributed by atoms with E-state index < -0.39 is 28.1 Å². The van der Waals surface area contributed by atoms with Gasteiger partial charge in [0.1, 0.15) is 6.04 Å². The van der Waals surface area contributed by atoms with E-state index in [2.05, 4.69) is 15.9 Å². The van der Waals surface area contributed by atoms with Crippen molar-refractivity contribution in [3.05, 3.63) is 35.4 Å². The van der Waals surface area contributed by atoms with Crippen LogP contribution in [-0.4, -0.2) is 40.2 Å². The summed E-state index contributed by atoms with van der Waals surface area (Å²) in [6, 6.07) is 5.60. The molecule has 1 heterocycles. The molecule has 0 unspecified atom stereocenters. The topological polar surface area (TPSA) is 63.7 Å². The van der Waals surface area contributed by atoms with E-state index in [1.807, 2.05) is 13.8 Å². The first-order valence-electron chi connectivity index (χ1n) is 6.50. The van der Waals surface area contributed by atoms with Gasteiger partial charge in [0.15, 0.2) is 0 Å². The number of methoxy groups -OCH3 is 1. The number of fused-ring (bicyclic) bond motifs is 1. The van der Waals surface area contributed by atoms with Crippen LogP contribution in [0.15, 0.2) is 24.3 Å². The molecule has 0 saturated heterocycles. The summed E-state index contributed by atoms with van der Waals surface area (Å²) >= 11 is 3.44. The summed E-state index contributed by atoms with van der Waals surface area (Å²) in [5.74, 6) is -1.51. The number of esters is 1. The summed E-state index contributed by atoms with van der Waals surface area (Å²) < 4.78 is 4.34. The average molecular weight is 354 g/mol. The van der Waals surface area contributed by atoms with Gasteiger partial charge in [-0.25, -0.2) is 4.79 Å². The summed E-state index contributed by atoms with van der Waals surface area (Å²) in [5, 5.41) is 0. The molecule has 0 aromatic heterocycles. The van der Waals surface area contributed by atoms with Crippen molar-refractivity contribution in [3.8, 4) is 0 Å². The normalized spacial score (nSPS) is 15.9. The monoisotopic (exact) mass is 353 g/mol. The minimum atomic E-state index is -0.947. The third-order valence-corrected chi connectivity index (χ3v) is 3.61. The fourth-order valence-electron chi connectivity index (χ4n) is 2.37. The number of alkyl halides is 1. The number of rotatable bonds is 4. The van der Waals surface area contributed by atoms with Crippen molar-refractivity contribution < 1.29 is 19.1 Å². The molecule has 1 atom stereocenters. The molecule has 1 aromatic rings. The smallest absolute Gasteiger partial charge is 0.329 e. The van der Waals surface area contributed by atoms with Gasteiger partial charge < -0.3 is 4.74 Å². The van der Waals surface area contributed by atoms with Gasteiger partial charge in [-0.05, 0) is 32.4 Å². The molecule has 0 N–H and O–H groups in total. The van der Waals surface area contributed by atoms with Gasteiger partial charge in [0, 0.05) is 4.32 Å². The van der Waals surface area contributed by atoms with Gasteiger partial charge in [-0.1, -0.05) is 28.1 Å². The van der Waals surface area contributed by atoms with Crippen molar-refractivity contribution in [1.29, 1.82) is 0 Å². The second kappa shape index (κ2) is 5.60. The molecule has 2 amide bonds. The van der Waals surface area contributed by atoms with E-state index in [0.717, 1.165) is 4.90 Å². The number of halogens is 1. The Kier molecular flexibility index (Phi) is 4.18. The summed E-state index contributed by atoms with van der Waals surface area (Å²) in [5.41, 5.74) is 0.646. The van der Waals surface area contributed by atoms with Crippen LogP contribution in [-0.2, 0) is 9.53 Å². The number of carbonyl (C=O) groups is 3. The Labute approximate surface area is 131 Å². The van der Waals surface area contributed by atoms with Crippen LogP contribution in [0.1, 0.15) is 41.0 Å². The number of imide groups is 1. The highest BCUT2D eigenvalue weighted by molar-refractivity contribution is 9.10. The van der Waals surface area contributed by atoms with Crippen molar-refractivity contribution in [2.75, 3.05) is 7.11 Å². The van der Waals surface area contributed by atoms with Crippen LogP contribution in [0, 0.1) is 0 Å². The molecule has 0 fully saturated rings. The predicted octanol–water partition coefficient (Wildman–Crippen LogP) is 2.39. The van der Waals surface area contributed by atoms with Crippen molar-refractivity contribution in [1.82, 2.24) is 4.90 Å². The number of amides is 2. The van der Waals surface area contributed by atoms with Crippen LogP contribution in [0.5, 0.6) is 0 Å². The highest BCUT2D eigenvalue weighted by Crippen LogP contribution is 2.31. The Morgan fingerprint density at radius 2 is 1.71 bits per heavy atom. The van der Waals surface area contributed by atoms with E-state index >= 15 is 0 Å². The number of hydrogen-bond donors (Lipinski definition) is 0. The first-order chi connectivity index (χ1) is 9.76. The molecule has 21 heavy (non-hydrogen) atoms.